The van der Waals surface area contributed by atoms with Crippen molar-refractivity contribution in [2.75, 3.05) is 5.32 Å². The molecule has 0 fully saturated rings. The normalized spacial score (nSPS) is 11.8. The maximum absolute atomic E-state index is 10.4. The summed E-state index contributed by atoms with van der Waals surface area (Å²) in [5.74, 6) is 0.918. The predicted molar refractivity (Wildman–Crippen MR) is 100 cm³/mol. The number of nitrogens with one attached hydrogen (secondary N) is 1. The predicted octanol–water partition coefficient (Wildman–Crippen LogP) is 5.66. The van der Waals surface area contributed by atoms with Crippen molar-refractivity contribution in [2.24, 2.45) is 0 Å². The van der Waals surface area contributed by atoms with Crippen molar-refractivity contribution in [1.82, 2.24) is 0 Å². The first kappa shape index (κ1) is 18.1. The molecule has 0 aliphatic heterocycles. The second kappa shape index (κ2) is 9.76. The van der Waals surface area contributed by atoms with Gasteiger partial charge in [0, 0.05) is 5.69 Å². The highest BCUT2D eigenvalue weighted by Gasteiger charge is 2.05. The van der Waals surface area contributed by atoms with Crippen molar-refractivity contribution in [1.29, 1.82) is 0 Å². The molecule has 1 atom stereocenters. The van der Waals surface area contributed by atoms with Crippen LogP contribution >= 0.6 is 0 Å². The second-order valence-corrected chi connectivity index (χ2v) is 6.14. The third-order valence-corrected chi connectivity index (χ3v) is 4.10. The molecule has 0 bridgehead atoms. The molecule has 2 rings (SSSR count). The van der Waals surface area contributed by atoms with Crippen LogP contribution in [0.3, 0.4) is 0 Å². The van der Waals surface area contributed by atoms with Gasteiger partial charge >= 0.3 is 0 Å². The van der Waals surface area contributed by atoms with Crippen LogP contribution < -0.4 is 10.1 Å². The summed E-state index contributed by atoms with van der Waals surface area (Å²) in [6.45, 7) is 4.37. The molecule has 3 nitrogen and oxygen atoms in total. The van der Waals surface area contributed by atoms with Gasteiger partial charge in [-0.15, -0.1) is 0 Å². The fraction of sp³-hybridized carbons (Fsp3) is 0.381. The summed E-state index contributed by atoms with van der Waals surface area (Å²) < 4.78 is 5.99. The Labute approximate surface area is 145 Å². The zero-order chi connectivity index (χ0) is 17.2. The van der Waals surface area contributed by atoms with E-state index < -0.39 is 0 Å². The molecule has 0 heterocycles. The summed E-state index contributed by atoms with van der Waals surface area (Å²) >= 11 is 0. The topological polar surface area (TPSA) is 38.3 Å². The fourth-order valence-electron chi connectivity index (χ4n) is 2.70. The zero-order valence-corrected chi connectivity index (χ0v) is 14.6. The van der Waals surface area contributed by atoms with Crippen LogP contribution in [0.5, 0.6) is 5.75 Å². The molecule has 128 valence electrons. The van der Waals surface area contributed by atoms with Gasteiger partial charge in [0.25, 0.3) is 0 Å². The summed E-state index contributed by atoms with van der Waals surface area (Å²) in [6.07, 6.45) is 7.14. The Hall–Kier alpha value is -2.29. The van der Waals surface area contributed by atoms with Gasteiger partial charge in [0.15, 0.2) is 0 Å². The van der Waals surface area contributed by atoms with Crippen LogP contribution in [0.15, 0.2) is 48.5 Å². The van der Waals surface area contributed by atoms with E-state index in [1.54, 1.807) is 0 Å². The van der Waals surface area contributed by atoms with E-state index in [2.05, 4.69) is 31.3 Å². The average molecular weight is 325 g/mol. The third-order valence-electron chi connectivity index (χ3n) is 4.10. The number of amides is 1. The van der Waals surface area contributed by atoms with Crippen LogP contribution in [0.4, 0.5) is 5.69 Å². The molecule has 0 unspecified atom stereocenters. The number of unbranched alkanes of at least 4 members (excludes halogenated alkanes) is 3. The molecule has 0 saturated carbocycles. The first-order valence-electron chi connectivity index (χ1n) is 8.80. The minimum absolute atomic E-state index is 0.251. The highest BCUT2D eigenvalue weighted by atomic mass is 16.5. The van der Waals surface area contributed by atoms with Gasteiger partial charge in [0.2, 0.25) is 6.41 Å². The largest absolute Gasteiger partial charge is 0.491 e. The van der Waals surface area contributed by atoms with E-state index >= 15 is 0 Å². The minimum atomic E-state index is 0.251. The highest BCUT2D eigenvalue weighted by molar-refractivity contribution is 5.74. The molecule has 1 N–H and O–H groups in total. The molecule has 2 aromatic rings. The number of hydrogen-bond donors (Lipinski definition) is 1. The molecule has 0 aliphatic rings. The molecule has 2 aromatic carbocycles. The summed E-state index contributed by atoms with van der Waals surface area (Å²) in [5.41, 5.74) is 3.05. The second-order valence-electron chi connectivity index (χ2n) is 6.14. The Bertz CT molecular complexity index is 605. The SMILES string of the molecule is CCCCCC[C@H](C)Oc1ccc(-c2ccc(NC=O)cc2)cc1. The molecular formula is C21H27NO2. The van der Waals surface area contributed by atoms with Gasteiger partial charge in [-0.25, -0.2) is 0 Å². The third kappa shape index (κ3) is 5.73. The number of rotatable bonds is 10. The van der Waals surface area contributed by atoms with Gasteiger partial charge in [-0.1, -0.05) is 50.5 Å². The maximum atomic E-state index is 10.4. The lowest BCUT2D eigenvalue weighted by atomic mass is 10.1. The van der Waals surface area contributed by atoms with Crippen molar-refractivity contribution in [3.8, 4) is 16.9 Å². The Balaban J connectivity index is 1.89. The Morgan fingerprint density at radius 2 is 1.58 bits per heavy atom. The number of benzene rings is 2. The maximum Gasteiger partial charge on any atom is 0.211 e. The van der Waals surface area contributed by atoms with Crippen molar-refractivity contribution in [3.05, 3.63) is 48.5 Å². The van der Waals surface area contributed by atoms with Crippen molar-refractivity contribution >= 4 is 12.1 Å². The molecule has 0 aromatic heterocycles. The quantitative estimate of drug-likeness (QED) is 0.452. The molecule has 0 aliphatic carbocycles. The summed E-state index contributed by atoms with van der Waals surface area (Å²) in [7, 11) is 0. The van der Waals surface area contributed by atoms with E-state index in [0.717, 1.165) is 29.0 Å². The van der Waals surface area contributed by atoms with Crippen LogP contribution in [0.25, 0.3) is 11.1 Å². The van der Waals surface area contributed by atoms with Gasteiger partial charge in [0.1, 0.15) is 5.75 Å². The number of carbonyl (C=O) groups is 1. The molecule has 0 spiro atoms. The van der Waals surface area contributed by atoms with E-state index in [1.165, 1.54) is 25.7 Å². The lowest BCUT2D eigenvalue weighted by Crippen LogP contribution is -2.11. The lowest BCUT2D eigenvalue weighted by molar-refractivity contribution is -0.105. The minimum Gasteiger partial charge on any atom is -0.491 e. The number of carbonyl (C=O) groups excluding carboxylic acids is 1. The fourth-order valence-corrected chi connectivity index (χ4v) is 2.70. The van der Waals surface area contributed by atoms with E-state index in [-0.39, 0.29) is 6.10 Å². The lowest BCUT2D eigenvalue weighted by Gasteiger charge is -2.15. The molecule has 0 saturated heterocycles. The Kier molecular flexibility index (Phi) is 7.34. The van der Waals surface area contributed by atoms with Crippen molar-refractivity contribution in [3.63, 3.8) is 0 Å². The molecule has 1 amide bonds. The smallest absolute Gasteiger partial charge is 0.211 e. The van der Waals surface area contributed by atoms with E-state index in [0.29, 0.717) is 6.41 Å². The molecule has 0 radical (unpaired) electrons. The van der Waals surface area contributed by atoms with Crippen LogP contribution in [0.2, 0.25) is 0 Å². The molecule has 24 heavy (non-hydrogen) atoms. The van der Waals surface area contributed by atoms with Gasteiger partial charge < -0.3 is 10.1 Å². The molecular weight excluding hydrogens is 298 g/mol. The van der Waals surface area contributed by atoms with Gasteiger partial charge in [-0.05, 0) is 55.2 Å². The van der Waals surface area contributed by atoms with Crippen molar-refractivity contribution < 1.29 is 9.53 Å². The first-order valence-corrected chi connectivity index (χ1v) is 8.80. The van der Waals surface area contributed by atoms with E-state index in [4.69, 9.17) is 4.74 Å². The van der Waals surface area contributed by atoms with Crippen LogP contribution in [-0.4, -0.2) is 12.5 Å². The first-order chi connectivity index (χ1) is 11.7. The number of anilines is 1. The average Bonchev–Trinajstić information content (AvgIpc) is 2.60. The standard InChI is InChI=1S/C21H27NO2/c1-3-4-5-6-7-17(2)24-21-14-10-19(11-15-21)18-8-12-20(13-9-18)22-16-23/h8-17H,3-7H2,1-2H3,(H,22,23)/t17-/m0/s1. The molecule has 3 heteroatoms. The van der Waals surface area contributed by atoms with Crippen LogP contribution in [0.1, 0.15) is 46.0 Å². The van der Waals surface area contributed by atoms with Crippen LogP contribution in [-0.2, 0) is 4.79 Å². The number of ether oxygens (including phenoxy) is 1. The highest BCUT2D eigenvalue weighted by Crippen LogP contribution is 2.24. The summed E-state index contributed by atoms with van der Waals surface area (Å²) in [4.78, 5) is 10.4. The van der Waals surface area contributed by atoms with E-state index in [9.17, 15) is 4.79 Å². The van der Waals surface area contributed by atoms with Crippen molar-refractivity contribution in [2.45, 2.75) is 52.1 Å². The summed E-state index contributed by atoms with van der Waals surface area (Å²) in [5, 5.41) is 2.64. The van der Waals surface area contributed by atoms with Gasteiger partial charge in [-0.2, -0.15) is 0 Å². The monoisotopic (exact) mass is 325 g/mol. The zero-order valence-electron chi connectivity index (χ0n) is 14.6. The number of hydrogen-bond acceptors (Lipinski definition) is 2. The van der Waals surface area contributed by atoms with Crippen LogP contribution in [0, 0.1) is 0 Å². The Morgan fingerprint density at radius 3 is 2.17 bits per heavy atom. The van der Waals surface area contributed by atoms with E-state index in [1.807, 2.05) is 36.4 Å². The van der Waals surface area contributed by atoms with Gasteiger partial charge in [-0.3, -0.25) is 4.79 Å². The summed E-state index contributed by atoms with van der Waals surface area (Å²) in [6, 6.07) is 16.0. The van der Waals surface area contributed by atoms with Gasteiger partial charge in [0.05, 0.1) is 6.10 Å². The Morgan fingerprint density at radius 1 is 0.958 bits per heavy atom.